The maximum Gasteiger partial charge on any atom is 0.159 e. The van der Waals surface area contributed by atoms with E-state index < -0.39 is 0 Å². The Kier molecular flexibility index (Phi) is 4.01. The van der Waals surface area contributed by atoms with E-state index in [1.165, 1.54) is 0 Å². The normalized spacial score (nSPS) is 19.0. The van der Waals surface area contributed by atoms with Crippen LogP contribution in [-0.2, 0) is 0 Å². The second kappa shape index (κ2) is 5.70. The van der Waals surface area contributed by atoms with Crippen molar-refractivity contribution < 1.29 is 4.79 Å². The number of nitrogens with one attached hydrogen (secondary N) is 1. The van der Waals surface area contributed by atoms with E-state index in [2.05, 4.69) is 22.1 Å². The van der Waals surface area contributed by atoms with Crippen molar-refractivity contribution in [2.75, 3.05) is 24.5 Å². The fourth-order valence-electron chi connectivity index (χ4n) is 2.20. The summed E-state index contributed by atoms with van der Waals surface area (Å²) >= 11 is 0. The topological polar surface area (TPSA) is 32.3 Å². The third kappa shape index (κ3) is 2.72. The Morgan fingerprint density at radius 3 is 2.72 bits per heavy atom. The highest BCUT2D eigenvalue weighted by Crippen LogP contribution is 2.19. The maximum absolute atomic E-state index is 11.3. The predicted molar refractivity (Wildman–Crippen MR) is 73.9 cm³/mol. The van der Waals surface area contributed by atoms with Crippen LogP contribution >= 0.6 is 0 Å². The van der Waals surface area contributed by atoms with Crippen molar-refractivity contribution in [3.05, 3.63) is 29.8 Å². The minimum Gasteiger partial charge on any atom is -0.355 e. The van der Waals surface area contributed by atoms with E-state index in [4.69, 9.17) is 0 Å². The summed E-state index contributed by atoms with van der Waals surface area (Å²) in [6.45, 7) is 6.25. The van der Waals surface area contributed by atoms with E-state index >= 15 is 0 Å². The summed E-state index contributed by atoms with van der Waals surface area (Å²) in [5.74, 6) is 6.30. The van der Waals surface area contributed by atoms with Crippen LogP contribution in [0.1, 0.15) is 24.2 Å². The van der Waals surface area contributed by atoms with Gasteiger partial charge in [0.2, 0.25) is 0 Å². The zero-order valence-corrected chi connectivity index (χ0v) is 10.9. The molecule has 1 N–H and O–H groups in total. The Balaban J connectivity index is 2.22. The van der Waals surface area contributed by atoms with Crippen molar-refractivity contribution >= 4 is 11.5 Å². The molecule has 0 aromatic heterocycles. The van der Waals surface area contributed by atoms with Gasteiger partial charge in [-0.3, -0.25) is 4.79 Å². The molecule has 1 aliphatic rings. The summed E-state index contributed by atoms with van der Waals surface area (Å²) in [4.78, 5) is 13.5. The van der Waals surface area contributed by atoms with E-state index in [1.807, 2.05) is 31.2 Å². The molecule has 1 unspecified atom stereocenters. The van der Waals surface area contributed by atoms with Crippen LogP contribution in [0.3, 0.4) is 0 Å². The highest BCUT2D eigenvalue weighted by Gasteiger charge is 2.20. The first-order chi connectivity index (χ1) is 8.72. The summed E-state index contributed by atoms with van der Waals surface area (Å²) in [7, 11) is 0. The van der Waals surface area contributed by atoms with E-state index in [0.717, 1.165) is 30.9 Å². The first kappa shape index (κ1) is 12.7. The summed E-state index contributed by atoms with van der Waals surface area (Å²) in [6, 6.07) is 8.00. The number of piperazine rings is 1. The van der Waals surface area contributed by atoms with E-state index in [-0.39, 0.29) is 11.8 Å². The molecule has 1 saturated heterocycles. The highest BCUT2D eigenvalue weighted by molar-refractivity contribution is 5.94. The van der Waals surface area contributed by atoms with Crippen LogP contribution in [0.2, 0.25) is 0 Å². The van der Waals surface area contributed by atoms with Crippen LogP contribution in [0.15, 0.2) is 24.3 Å². The van der Waals surface area contributed by atoms with Gasteiger partial charge in [-0.25, -0.2) is 0 Å². The summed E-state index contributed by atoms with van der Waals surface area (Å²) < 4.78 is 0. The molecule has 1 aromatic rings. The maximum atomic E-state index is 11.3. The molecular weight excluding hydrogens is 224 g/mol. The van der Waals surface area contributed by atoms with Crippen LogP contribution in [0.5, 0.6) is 0 Å². The van der Waals surface area contributed by atoms with Crippen LogP contribution in [0.4, 0.5) is 5.69 Å². The smallest absolute Gasteiger partial charge is 0.159 e. The van der Waals surface area contributed by atoms with Crippen molar-refractivity contribution in [2.45, 2.75) is 19.9 Å². The SMILES string of the molecule is CC#CC1CNCCN1c1ccc(C(C)=O)cc1. The average molecular weight is 242 g/mol. The van der Waals surface area contributed by atoms with Crippen molar-refractivity contribution in [2.24, 2.45) is 0 Å². The number of hydrogen-bond acceptors (Lipinski definition) is 3. The molecule has 1 atom stereocenters. The fourth-order valence-corrected chi connectivity index (χ4v) is 2.20. The van der Waals surface area contributed by atoms with Gasteiger partial charge in [0.05, 0.1) is 0 Å². The molecule has 1 aliphatic heterocycles. The largest absolute Gasteiger partial charge is 0.355 e. The summed E-state index contributed by atoms with van der Waals surface area (Å²) in [6.07, 6.45) is 0. The lowest BCUT2D eigenvalue weighted by atomic mass is 10.1. The number of ketones is 1. The Morgan fingerprint density at radius 1 is 1.39 bits per heavy atom. The summed E-state index contributed by atoms with van der Waals surface area (Å²) in [5, 5.41) is 3.35. The van der Waals surface area contributed by atoms with Gasteiger partial charge in [-0.05, 0) is 38.1 Å². The van der Waals surface area contributed by atoms with Gasteiger partial charge in [0.15, 0.2) is 5.78 Å². The number of carbonyl (C=O) groups is 1. The average Bonchev–Trinajstić information content (AvgIpc) is 2.40. The molecule has 0 saturated carbocycles. The summed E-state index contributed by atoms with van der Waals surface area (Å²) in [5.41, 5.74) is 1.89. The Bertz CT molecular complexity index is 481. The van der Waals surface area contributed by atoms with Gasteiger partial charge in [0, 0.05) is 30.9 Å². The molecule has 94 valence electrons. The second-order valence-corrected chi connectivity index (χ2v) is 4.41. The van der Waals surface area contributed by atoms with Crippen LogP contribution in [-0.4, -0.2) is 31.5 Å². The number of carbonyl (C=O) groups excluding carboxylic acids is 1. The van der Waals surface area contributed by atoms with Crippen LogP contribution < -0.4 is 10.2 Å². The number of Topliss-reactive ketones (excluding diaryl/α,β-unsaturated/α-hetero) is 1. The lowest BCUT2D eigenvalue weighted by Gasteiger charge is -2.35. The minimum absolute atomic E-state index is 0.103. The Labute approximate surface area is 108 Å². The molecule has 18 heavy (non-hydrogen) atoms. The standard InChI is InChI=1S/C15H18N2O/c1-3-4-15-11-16-9-10-17(15)14-7-5-13(6-8-14)12(2)18/h5-8,15-16H,9-11H2,1-2H3. The second-order valence-electron chi connectivity index (χ2n) is 4.41. The predicted octanol–water partition coefficient (Wildman–Crippen LogP) is 1.69. The molecule has 2 rings (SSSR count). The fraction of sp³-hybridized carbons (Fsp3) is 0.400. The zero-order valence-electron chi connectivity index (χ0n) is 10.9. The molecule has 0 bridgehead atoms. The number of nitrogens with zero attached hydrogens (tertiary/aromatic N) is 1. The molecule has 1 aromatic carbocycles. The lowest BCUT2D eigenvalue weighted by Crippen LogP contribution is -2.50. The van der Waals surface area contributed by atoms with Crippen LogP contribution in [0, 0.1) is 11.8 Å². The first-order valence-electron chi connectivity index (χ1n) is 6.23. The molecule has 0 spiro atoms. The van der Waals surface area contributed by atoms with Crippen molar-refractivity contribution in [1.82, 2.24) is 5.32 Å². The van der Waals surface area contributed by atoms with E-state index in [1.54, 1.807) is 6.92 Å². The van der Waals surface area contributed by atoms with Gasteiger partial charge in [-0.2, -0.15) is 0 Å². The lowest BCUT2D eigenvalue weighted by molar-refractivity contribution is 0.101. The van der Waals surface area contributed by atoms with Gasteiger partial charge in [0.25, 0.3) is 0 Å². The molecule has 1 fully saturated rings. The Hall–Kier alpha value is -1.79. The minimum atomic E-state index is 0.103. The first-order valence-corrected chi connectivity index (χ1v) is 6.23. The molecule has 3 heteroatoms. The van der Waals surface area contributed by atoms with Crippen molar-refractivity contribution in [3.63, 3.8) is 0 Å². The molecular formula is C15H18N2O. The number of hydrogen-bond donors (Lipinski definition) is 1. The monoisotopic (exact) mass is 242 g/mol. The zero-order chi connectivity index (χ0) is 13.0. The van der Waals surface area contributed by atoms with Gasteiger partial charge in [-0.1, -0.05) is 5.92 Å². The molecule has 0 aliphatic carbocycles. The highest BCUT2D eigenvalue weighted by atomic mass is 16.1. The molecule has 0 amide bonds. The van der Waals surface area contributed by atoms with Crippen molar-refractivity contribution in [3.8, 4) is 11.8 Å². The number of anilines is 1. The quantitative estimate of drug-likeness (QED) is 0.633. The van der Waals surface area contributed by atoms with E-state index in [9.17, 15) is 4.79 Å². The third-order valence-electron chi connectivity index (χ3n) is 3.16. The van der Waals surface area contributed by atoms with E-state index in [0.29, 0.717) is 0 Å². The Morgan fingerprint density at radius 2 is 2.11 bits per heavy atom. The van der Waals surface area contributed by atoms with Gasteiger partial charge in [0.1, 0.15) is 6.04 Å². The van der Waals surface area contributed by atoms with Crippen LogP contribution in [0.25, 0.3) is 0 Å². The number of benzene rings is 1. The van der Waals surface area contributed by atoms with Gasteiger partial charge >= 0.3 is 0 Å². The molecule has 3 nitrogen and oxygen atoms in total. The van der Waals surface area contributed by atoms with Gasteiger partial charge < -0.3 is 10.2 Å². The number of rotatable bonds is 2. The van der Waals surface area contributed by atoms with Crippen molar-refractivity contribution in [1.29, 1.82) is 0 Å². The molecule has 0 radical (unpaired) electrons. The molecule has 1 heterocycles. The van der Waals surface area contributed by atoms with Gasteiger partial charge in [-0.15, -0.1) is 5.92 Å². The third-order valence-corrected chi connectivity index (χ3v) is 3.16.